The Bertz CT molecular complexity index is 778. The molecule has 2 fully saturated rings. The van der Waals surface area contributed by atoms with E-state index in [1.807, 2.05) is 38.1 Å². The van der Waals surface area contributed by atoms with Crippen LogP contribution in [-0.4, -0.2) is 80.4 Å². The summed E-state index contributed by atoms with van der Waals surface area (Å²) in [6.07, 6.45) is 0.551. The van der Waals surface area contributed by atoms with Crippen LogP contribution >= 0.6 is 11.6 Å². The van der Waals surface area contributed by atoms with E-state index in [9.17, 15) is 13.2 Å². The van der Waals surface area contributed by atoms with E-state index in [4.69, 9.17) is 11.6 Å². The van der Waals surface area contributed by atoms with Gasteiger partial charge in [-0.25, -0.2) is 8.42 Å². The standard InChI is InChI=1S/C19H28ClN3O3S/c1-3-23(16-8-13-27(25,26)14-16)19(24)15(2)21-9-11-22(12-10-21)18-7-5-4-6-17(18)20/h4-7,15-16H,3,8-14H2,1-2H3/t15-,16+/m1/s1. The highest BCUT2D eigenvalue weighted by Crippen LogP contribution is 2.26. The van der Waals surface area contributed by atoms with Gasteiger partial charge < -0.3 is 9.80 Å². The summed E-state index contributed by atoms with van der Waals surface area (Å²) in [5.74, 6) is 0.317. The van der Waals surface area contributed by atoms with Crippen molar-refractivity contribution in [3.63, 3.8) is 0 Å². The lowest BCUT2D eigenvalue weighted by Gasteiger charge is -2.40. The minimum Gasteiger partial charge on any atom is -0.368 e. The van der Waals surface area contributed by atoms with Gasteiger partial charge in [0.15, 0.2) is 9.84 Å². The first-order valence-corrected chi connectivity index (χ1v) is 11.8. The molecular weight excluding hydrogens is 386 g/mol. The largest absolute Gasteiger partial charge is 0.368 e. The van der Waals surface area contributed by atoms with Gasteiger partial charge in [0.1, 0.15) is 0 Å². The maximum Gasteiger partial charge on any atom is 0.239 e. The van der Waals surface area contributed by atoms with Crippen LogP contribution in [0.1, 0.15) is 20.3 Å². The fourth-order valence-electron chi connectivity index (χ4n) is 4.07. The Morgan fingerprint density at radius 3 is 2.48 bits per heavy atom. The molecule has 0 saturated carbocycles. The lowest BCUT2D eigenvalue weighted by molar-refractivity contribution is -0.138. The van der Waals surface area contributed by atoms with E-state index >= 15 is 0 Å². The fourth-order valence-corrected chi connectivity index (χ4v) is 6.06. The predicted octanol–water partition coefficient (Wildman–Crippen LogP) is 1.89. The maximum absolute atomic E-state index is 13.0. The molecule has 8 heteroatoms. The number of carbonyl (C=O) groups excluding carboxylic acids is 1. The van der Waals surface area contributed by atoms with E-state index in [-0.39, 0.29) is 29.5 Å². The molecule has 1 amide bonds. The SMILES string of the molecule is CCN(C(=O)[C@@H](C)N1CCN(c2ccccc2Cl)CC1)[C@H]1CCS(=O)(=O)C1. The van der Waals surface area contributed by atoms with E-state index in [1.54, 1.807) is 4.90 Å². The van der Waals surface area contributed by atoms with Crippen LogP contribution in [0.15, 0.2) is 24.3 Å². The van der Waals surface area contributed by atoms with Gasteiger partial charge in [-0.05, 0) is 32.4 Å². The second-order valence-electron chi connectivity index (χ2n) is 7.33. The molecule has 0 aliphatic carbocycles. The number of rotatable bonds is 5. The number of amides is 1. The summed E-state index contributed by atoms with van der Waals surface area (Å²) >= 11 is 6.30. The van der Waals surface area contributed by atoms with Crippen LogP contribution < -0.4 is 4.90 Å². The monoisotopic (exact) mass is 413 g/mol. The van der Waals surface area contributed by atoms with Crippen molar-refractivity contribution in [2.45, 2.75) is 32.4 Å². The number of piperazine rings is 1. The van der Waals surface area contributed by atoms with Crippen LogP contribution in [0, 0.1) is 0 Å². The summed E-state index contributed by atoms with van der Waals surface area (Å²) in [6.45, 7) is 7.57. The Labute approximate surface area is 167 Å². The Morgan fingerprint density at radius 1 is 1.26 bits per heavy atom. The molecule has 150 valence electrons. The summed E-state index contributed by atoms with van der Waals surface area (Å²) in [5.41, 5.74) is 1.03. The van der Waals surface area contributed by atoms with Gasteiger partial charge in [0.05, 0.1) is 28.3 Å². The molecule has 2 aliphatic rings. The molecule has 2 atom stereocenters. The van der Waals surface area contributed by atoms with Crippen molar-refractivity contribution in [2.24, 2.45) is 0 Å². The van der Waals surface area contributed by atoms with E-state index in [2.05, 4.69) is 9.80 Å². The van der Waals surface area contributed by atoms with Crippen molar-refractivity contribution >= 4 is 33.0 Å². The molecule has 3 rings (SSSR count). The molecule has 0 radical (unpaired) electrons. The first kappa shape index (κ1) is 20.4. The van der Waals surface area contributed by atoms with Crippen LogP contribution in [0.3, 0.4) is 0 Å². The highest BCUT2D eigenvalue weighted by molar-refractivity contribution is 7.91. The predicted molar refractivity (Wildman–Crippen MR) is 109 cm³/mol. The number of carbonyl (C=O) groups is 1. The molecule has 1 aromatic rings. The number of sulfone groups is 1. The zero-order chi connectivity index (χ0) is 19.6. The highest BCUT2D eigenvalue weighted by atomic mass is 35.5. The molecule has 0 unspecified atom stereocenters. The Kier molecular flexibility index (Phi) is 6.33. The average molecular weight is 414 g/mol. The summed E-state index contributed by atoms with van der Waals surface area (Å²) in [7, 11) is -3.00. The summed E-state index contributed by atoms with van der Waals surface area (Å²) < 4.78 is 23.6. The van der Waals surface area contributed by atoms with Crippen molar-refractivity contribution < 1.29 is 13.2 Å². The van der Waals surface area contributed by atoms with Crippen LogP contribution in [0.4, 0.5) is 5.69 Å². The van der Waals surface area contributed by atoms with Gasteiger partial charge in [-0.3, -0.25) is 9.69 Å². The lowest BCUT2D eigenvalue weighted by Crippen LogP contribution is -2.56. The second-order valence-corrected chi connectivity index (χ2v) is 9.97. The molecule has 0 spiro atoms. The third kappa shape index (κ3) is 4.58. The molecule has 6 nitrogen and oxygen atoms in total. The molecule has 0 N–H and O–H groups in total. The normalized spacial score (nSPS) is 24.0. The Morgan fingerprint density at radius 2 is 1.93 bits per heavy atom. The number of likely N-dealkylation sites (N-methyl/N-ethyl adjacent to an activating group) is 1. The summed E-state index contributed by atoms with van der Waals surface area (Å²) in [5, 5.41) is 0.745. The molecule has 2 heterocycles. The zero-order valence-electron chi connectivity index (χ0n) is 16.0. The molecular formula is C19H28ClN3O3S. The molecule has 2 saturated heterocycles. The topological polar surface area (TPSA) is 60.9 Å². The second kappa shape index (κ2) is 8.37. The van der Waals surface area contributed by atoms with Gasteiger partial charge in [-0.15, -0.1) is 0 Å². The van der Waals surface area contributed by atoms with Gasteiger partial charge in [-0.2, -0.15) is 0 Å². The van der Waals surface area contributed by atoms with E-state index in [0.717, 1.165) is 36.9 Å². The Balaban J connectivity index is 1.60. The number of hydrogen-bond donors (Lipinski definition) is 0. The zero-order valence-corrected chi connectivity index (χ0v) is 17.5. The lowest BCUT2D eigenvalue weighted by atomic mass is 10.1. The molecule has 27 heavy (non-hydrogen) atoms. The van der Waals surface area contributed by atoms with Crippen molar-refractivity contribution in [3.05, 3.63) is 29.3 Å². The Hall–Kier alpha value is -1.31. The van der Waals surface area contributed by atoms with Gasteiger partial charge in [0.2, 0.25) is 5.91 Å². The van der Waals surface area contributed by atoms with Crippen molar-refractivity contribution in [3.8, 4) is 0 Å². The number of nitrogens with zero attached hydrogens (tertiary/aromatic N) is 3. The summed E-state index contributed by atoms with van der Waals surface area (Å²) in [4.78, 5) is 19.2. The maximum atomic E-state index is 13.0. The molecule has 0 bridgehead atoms. The van der Waals surface area contributed by atoms with Crippen LogP contribution in [0.2, 0.25) is 5.02 Å². The quantitative estimate of drug-likeness (QED) is 0.737. The van der Waals surface area contributed by atoms with Crippen molar-refractivity contribution in [1.29, 1.82) is 0 Å². The third-order valence-corrected chi connectivity index (χ3v) is 7.76. The van der Waals surface area contributed by atoms with Crippen molar-refractivity contribution in [1.82, 2.24) is 9.80 Å². The smallest absolute Gasteiger partial charge is 0.239 e. The van der Waals surface area contributed by atoms with Crippen LogP contribution in [0.5, 0.6) is 0 Å². The van der Waals surface area contributed by atoms with Crippen molar-refractivity contribution in [2.75, 3.05) is 49.1 Å². The van der Waals surface area contributed by atoms with Gasteiger partial charge >= 0.3 is 0 Å². The van der Waals surface area contributed by atoms with E-state index in [0.29, 0.717) is 13.0 Å². The minimum atomic E-state index is -3.00. The average Bonchev–Trinajstić information content (AvgIpc) is 3.01. The third-order valence-electron chi connectivity index (χ3n) is 5.69. The van der Waals surface area contributed by atoms with Gasteiger partial charge in [0.25, 0.3) is 0 Å². The summed E-state index contributed by atoms with van der Waals surface area (Å²) in [6, 6.07) is 7.39. The number of halogens is 1. The van der Waals surface area contributed by atoms with Crippen LogP contribution in [-0.2, 0) is 14.6 Å². The van der Waals surface area contributed by atoms with Gasteiger partial charge in [-0.1, -0.05) is 23.7 Å². The highest BCUT2D eigenvalue weighted by Gasteiger charge is 2.37. The number of benzene rings is 1. The number of hydrogen-bond acceptors (Lipinski definition) is 5. The molecule has 1 aromatic carbocycles. The van der Waals surface area contributed by atoms with Crippen LogP contribution in [0.25, 0.3) is 0 Å². The first-order valence-electron chi connectivity index (χ1n) is 9.57. The number of para-hydroxylation sites is 1. The van der Waals surface area contributed by atoms with E-state index in [1.165, 1.54) is 0 Å². The molecule has 2 aliphatic heterocycles. The van der Waals surface area contributed by atoms with E-state index < -0.39 is 9.84 Å². The minimum absolute atomic E-state index is 0.0331. The first-order chi connectivity index (χ1) is 12.8. The fraction of sp³-hybridized carbons (Fsp3) is 0.632. The van der Waals surface area contributed by atoms with Gasteiger partial charge in [0, 0.05) is 38.8 Å². The number of anilines is 1. The molecule has 0 aromatic heterocycles.